The number of H-pyrrole nitrogens is 2. The zero-order chi connectivity index (χ0) is 28.4. The molecule has 16 nitrogen and oxygen atoms in total. The van der Waals surface area contributed by atoms with Crippen molar-refractivity contribution in [2.75, 3.05) is 27.4 Å². The Morgan fingerprint density at radius 1 is 0.816 bits per heavy atom. The lowest BCUT2D eigenvalue weighted by Gasteiger charge is -2.20. The number of rotatable bonds is 6. The molecule has 0 aromatic carbocycles. The van der Waals surface area contributed by atoms with Crippen molar-refractivity contribution in [3.8, 4) is 0 Å². The molecule has 2 saturated heterocycles. The molecule has 0 unspecified atom stereocenters. The maximum atomic E-state index is 14.0. The summed E-state index contributed by atoms with van der Waals surface area (Å²) in [5, 5.41) is 37.3. The summed E-state index contributed by atoms with van der Waals surface area (Å²) in [6.07, 6.45) is -6.39. The first-order valence-corrected chi connectivity index (χ1v) is 10.9. The summed E-state index contributed by atoms with van der Waals surface area (Å²) in [7, 11) is 2.40. The Bertz CT molecular complexity index is 1240. The molecule has 38 heavy (non-hydrogen) atoms. The maximum absolute atomic E-state index is 14.0. The van der Waals surface area contributed by atoms with Crippen LogP contribution in [0.15, 0.2) is 43.7 Å². The molecule has 0 saturated carbocycles. The van der Waals surface area contributed by atoms with Gasteiger partial charge in [0.15, 0.2) is 12.5 Å². The molecule has 0 radical (unpaired) electrons. The fraction of sp³-hybridized carbons (Fsp3) is 0.600. The number of nitrogens with one attached hydrogen (secondary N) is 2. The van der Waals surface area contributed by atoms with E-state index in [0.29, 0.717) is 0 Å². The van der Waals surface area contributed by atoms with Crippen molar-refractivity contribution in [1.82, 2.24) is 19.1 Å². The molecule has 2 aromatic rings. The Morgan fingerprint density at radius 2 is 1.16 bits per heavy atom. The molecule has 0 bridgehead atoms. The lowest BCUT2D eigenvalue weighted by molar-refractivity contribution is -0.207. The minimum atomic E-state index is -2.74. The zero-order valence-corrected chi connectivity index (χ0v) is 19.9. The standard InChI is InChI=1S/2C10H13FN2O6/c2*1-18-6-7(16)10(11,4-14)19-8(6)13-3-2-5(15)12-9(13)17/h2*2-3,6-8,14,16H,4H2,1H3,(H,12,15,17)/t2*6-,7+,8-,10-/m11/s1. The molecule has 4 heterocycles. The highest BCUT2D eigenvalue weighted by Gasteiger charge is 2.57. The summed E-state index contributed by atoms with van der Waals surface area (Å²) in [5.41, 5.74) is -2.92. The van der Waals surface area contributed by atoms with Gasteiger partial charge in [0, 0.05) is 38.7 Å². The molecule has 2 aromatic heterocycles. The van der Waals surface area contributed by atoms with Crippen molar-refractivity contribution in [2.45, 2.75) is 48.6 Å². The number of halogens is 2. The van der Waals surface area contributed by atoms with Gasteiger partial charge in [-0.2, -0.15) is 0 Å². The van der Waals surface area contributed by atoms with Gasteiger partial charge in [0.2, 0.25) is 0 Å². The van der Waals surface area contributed by atoms with E-state index in [1.807, 2.05) is 9.97 Å². The molecule has 0 amide bonds. The molecule has 18 heteroatoms. The molecule has 2 fully saturated rings. The van der Waals surface area contributed by atoms with Gasteiger partial charge in [0.1, 0.15) is 37.6 Å². The number of methoxy groups -OCH3 is 2. The van der Waals surface area contributed by atoms with E-state index in [9.17, 15) is 38.2 Å². The van der Waals surface area contributed by atoms with Crippen LogP contribution in [-0.4, -0.2) is 103 Å². The number of hydrogen-bond donors (Lipinski definition) is 6. The number of hydrogen-bond acceptors (Lipinski definition) is 12. The molecule has 6 N–H and O–H groups in total. The smallest absolute Gasteiger partial charge is 0.330 e. The summed E-state index contributed by atoms with van der Waals surface area (Å²) in [6.45, 7) is -2.19. The summed E-state index contributed by atoms with van der Waals surface area (Å²) in [4.78, 5) is 49.0. The van der Waals surface area contributed by atoms with Gasteiger partial charge in [-0.3, -0.25) is 28.7 Å². The summed E-state index contributed by atoms with van der Waals surface area (Å²) < 4.78 is 49.3. The monoisotopic (exact) mass is 552 g/mol. The largest absolute Gasteiger partial charge is 0.390 e. The molecule has 0 spiro atoms. The van der Waals surface area contributed by atoms with E-state index < -0.39 is 84.3 Å². The van der Waals surface area contributed by atoms with E-state index >= 15 is 0 Å². The Kier molecular flexibility index (Phi) is 8.79. The highest BCUT2D eigenvalue weighted by molar-refractivity contribution is 4.98. The van der Waals surface area contributed by atoms with Crippen LogP contribution in [0, 0.1) is 0 Å². The molecule has 8 atom stereocenters. The van der Waals surface area contributed by atoms with Gasteiger partial charge < -0.3 is 39.4 Å². The van der Waals surface area contributed by atoms with Crippen molar-refractivity contribution < 1.29 is 48.2 Å². The van der Waals surface area contributed by atoms with Crippen LogP contribution < -0.4 is 22.5 Å². The number of nitrogens with zero attached hydrogens (tertiary/aromatic N) is 2. The number of aromatic nitrogens is 4. The summed E-state index contributed by atoms with van der Waals surface area (Å²) in [6, 6.07) is 2.09. The quantitative estimate of drug-likeness (QED) is 0.203. The fourth-order valence-corrected chi connectivity index (χ4v) is 3.92. The molecule has 4 rings (SSSR count). The molecule has 2 aliphatic heterocycles. The third-order valence-corrected chi connectivity index (χ3v) is 5.93. The summed E-state index contributed by atoms with van der Waals surface area (Å²) in [5.74, 6) is -5.47. The first kappa shape index (κ1) is 29.5. The van der Waals surface area contributed by atoms with E-state index in [4.69, 9.17) is 29.2 Å². The molecular formula is C20H26F2N4O12. The molecule has 0 aliphatic carbocycles. The van der Waals surface area contributed by atoms with Gasteiger partial charge in [-0.05, 0) is 0 Å². The highest BCUT2D eigenvalue weighted by Crippen LogP contribution is 2.39. The van der Waals surface area contributed by atoms with Gasteiger partial charge in [0.25, 0.3) is 22.8 Å². The predicted octanol–water partition coefficient (Wildman–Crippen LogP) is -3.80. The van der Waals surface area contributed by atoms with Crippen LogP contribution >= 0.6 is 0 Å². The first-order chi connectivity index (χ1) is 17.8. The minimum Gasteiger partial charge on any atom is -0.390 e. The zero-order valence-electron chi connectivity index (χ0n) is 19.9. The Morgan fingerprint density at radius 3 is 1.42 bits per heavy atom. The normalized spacial score (nSPS) is 34.6. The van der Waals surface area contributed by atoms with E-state index in [0.717, 1.165) is 33.7 Å². The van der Waals surface area contributed by atoms with E-state index in [1.54, 1.807) is 0 Å². The minimum absolute atomic E-state index is 0.623. The first-order valence-electron chi connectivity index (χ1n) is 10.9. The number of alkyl halides is 2. The summed E-state index contributed by atoms with van der Waals surface area (Å²) >= 11 is 0. The second-order valence-corrected chi connectivity index (χ2v) is 8.23. The Hall–Kier alpha value is -3.10. The van der Waals surface area contributed by atoms with Crippen LogP contribution in [0.4, 0.5) is 8.78 Å². The van der Waals surface area contributed by atoms with Gasteiger partial charge >= 0.3 is 11.4 Å². The van der Waals surface area contributed by atoms with E-state index in [1.165, 1.54) is 14.2 Å². The Balaban J connectivity index is 0.000000211. The van der Waals surface area contributed by atoms with Crippen molar-refractivity contribution >= 4 is 0 Å². The van der Waals surface area contributed by atoms with Crippen molar-refractivity contribution in [3.05, 3.63) is 66.2 Å². The average molecular weight is 552 g/mol. The van der Waals surface area contributed by atoms with Crippen LogP contribution in [0.25, 0.3) is 0 Å². The number of aliphatic hydroxyl groups is 4. The van der Waals surface area contributed by atoms with Crippen LogP contribution in [0.5, 0.6) is 0 Å². The van der Waals surface area contributed by atoms with Crippen LogP contribution in [0.2, 0.25) is 0 Å². The van der Waals surface area contributed by atoms with Gasteiger partial charge in [0.05, 0.1) is 0 Å². The lowest BCUT2D eigenvalue weighted by atomic mass is 10.1. The molecule has 2 aliphatic rings. The fourth-order valence-electron chi connectivity index (χ4n) is 3.92. The predicted molar refractivity (Wildman–Crippen MR) is 118 cm³/mol. The van der Waals surface area contributed by atoms with Crippen LogP contribution in [0.3, 0.4) is 0 Å². The topological polar surface area (TPSA) is 228 Å². The number of aromatic amines is 2. The van der Waals surface area contributed by atoms with Crippen LogP contribution in [0.1, 0.15) is 12.5 Å². The maximum Gasteiger partial charge on any atom is 0.330 e. The highest BCUT2D eigenvalue weighted by atomic mass is 19.2. The third kappa shape index (κ3) is 5.38. The lowest BCUT2D eigenvalue weighted by Crippen LogP contribution is -2.43. The van der Waals surface area contributed by atoms with Crippen molar-refractivity contribution in [3.63, 3.8) is 0 Å². The number of aliphatic hydroxyl groups excluding tert-OH is 4. The number of ether oxygens (including phenoxy) is 4. The van der Waals surface area contributed by atoms with Crippen molar-refractivity contribution in [1.29, 1.82) is 0 Å². The SMILES string of the molecule is CO[C@H]1[C@H](n2ccc(=O)[nH]c2=O)O[C@](F)(CO)[C@H]1O.CO[C@H]1[C@H](n2ccc(=O)[nH]c2=O)O[C@](F)(CO)[C@H]1O. The second kappa shape index (κ2) is 11.3. The van der Waals surface area contributed by atoms with Crippen LogP contribution in [-0.2, 0) is 18.9 Å². The van der Waals surface area contributed by atoms with E-state index in [2.05, 4.69) is 0 Å². The molecular weight excluding hydrogens is 526 g/mol. The van der Waals surface area contributed by atoms with Gasteiger partial charge in [-0.25, -0.2) is 18.4 Å². The van der Waals surface area contributed by atoms with Gasteiger partial charge in [-0.1, -0.05) is 0 Å². The van der Waals surface area contributed by atoms with Crippen molar-refractivity contribution in [2.24, 2.45) is 0 Å². The third-order valence-electron chi connectivity index (χ3n) is 5.93. The Labute approximate surface area is 210 Å². The van der Waals surface area contributed by atoms with E-state index in [-0.39, 0.29) is 0 Å². The second-order valence-electron chi connectivity index (χ2n) is 8.23. The molecule has 212 valence electrons. The average Bonchev–Trinajstić information content (AvgIpc) is 3.29. The van der Waals surface area contributed by atoms with Gasteiger partial charge in [-0.15, -0.1) is 0 Å².